The number of esters is 1. The summed E-state index contributed by atoms with van der Waals surface area (Å²) in [5.74, 6) is -0.0208. The van der Waals surface area contributed by atoms with Crippen LogP contribution in [0.3, 0.4) is 0 Å². The summed E-state index contributed by atoms with van der Waals surface area (Å²) in [6, 6.07) is 2.01. The minimum atomic E-state index is -0.246. The number of rotatable bonds is 5. The van der Waals surface area contributed by atoms with Gasteiger partial charge in [-0.05, 0) is 37.4 Å². The van der Waals surface area contributed by atoms with Gasteiger partial charge in [0, 0.05) is 25.2 Å². The standard InChI is InChI=1S/C17H26N2O2/c1-5-8-19-9-7-15-13(11-19)10-14(17(20)21-6-2)16(18-15)12(3)4/h10,12H,5-9,11H2,1-4H3. The van der Waals surface area contributed by atoms with Crippen molar-refractivity contribution in [3.8, 4) is 0 Å². The minimum absolute atomic E-state index is 0.225. The van der Waals surface area contributed by atoms with E-state index in [2.05, 4.69) is 25.7 Å². The van der Waals surface area contributed by atoms with Crippen LogP contribution in [0.4, 0.5) is 0 Å². The van der Waals surface area contributed by atoms with Gasteiger partial charge < -0.3 is 4.74 Å². The maximum Gasteiger partial charge on any atom is 0.339 e. The Hall–Kier alpha value is -1.42. The highest BCUT2D eigenvalue weighted by molar-refractivity contribution is 5.91. The van der Waals surface area contributed by atoms with E-state index in [9.17, 15) is 4.79 Å². The number of aromatic nitrogens is 1. The summed E-state index contributed by atoms with van der Waals surface area (Å²) < 4.78 is 5.19. The molecule has 0 radical (unpaired) electrons. The summed E-state index contributed by atoms with van der Waals surface area (Å²) in [5, 5.41) is 0. The normalized spacial score (nSPS) is 15.1. The first-order chi connectivity index (χ1) is 10.1. The van der Waals surface area contributed by atoms with E-state index in [4.69, 9.17) is 9.72 Å². The number of carbonyl (C=O) groups excluding carboxylic acids is 1. The van der Waals surface area contributed by atoms with Gasteiger partial charge in [-0.25, -0.2) is 4.79 Å². The molecule has 0 spiro atoms. The summed E-state index contributed by atoms with van der Waals surface area (Å²) >= 11 is 0. The molecule has 0 aromatic carbocycles. The number of pyridine rings is 1. The van der Waals surface area contributed by atoms with Crippen molar-refractivity contribution in [3.63, 3.8) is 0 Å². The van der Waals surface area contributed by atoms with Crippen LogP contribution in [0.1, 0.15) is 67.3 Å². The highest BCUT2D eigenvalue weighted by Crippen LogP contribution is 2.25. The van der Waals surface area contributed by atoms with Gasteiger partial charge in [0.25, 0.3) is 0 Å². The Labute approximate surface area is 127 Å². The molecule has 0 unspecified atom stereocenters. The highest BCUT2D eigenvalue weighted by atomic mass is 16.5. The van der Waals surface area contributed by atoms with E-state index >= 15 is 0 Å². The molecule has 4 nitrogen and oxygen atoms in total. The van der Waals surface area contributed by atoms with Gasteiger partial charge >= 0.3 is 5.97 Å². The van der Waals surface area contributed by atoms with Crippen molar-refractivity contribution in [1.82, 2.24) is 9.88 Å². The molecule has 2 heterocycles. The third-order valence-corrected chi connectivity index (χ3v) is 3.86. The minimum Gasteiger partial charge on any atom is -0.462 e. The Bertz CT molecular complexity index is 512. The molecule has 0 atom stereocenters. The Morgan fingerprint density at radius 1 is 1.43 bits per heavy atom. The van der Waals surface area contributed by atoms with E-state index in [-0.39, 0.29) is 11.9 Å². The lowest BCUT2D eigenvalue weighted by Gasteiger charge is -2.29. The van der Waals surface area contributed by atoms with Crippen LogP contribution in [0.25, 0.3) is 0 Å². The van der Waals surface area contributed by atoms with Crippen molar-refractivity contribution in [1.29, 1.82) is 0 Å². The van der Waals surface area contributed by atoms with E-state index in [0.717, 1.165) is 43.9 Å². The molecule has 1 aliphatic heterocycles. The van der Waals surface area contributed by atoms with Crippen molar-refractivity contribution in [2.45, 2.75) is 53.0 Å². The molecule has 0 aliphatic carbocycles. The zero-order valence-corrected chi connectivity index (χ0v) is 13.6. The largest absolute Gasteiger partial charge is 0.462 e. The van der Waals surface area contributed by atoms with Crippen molar-refractivity contribution in [2.24, 2.45) is 0 Å². The molecule has 0 amide bonds. The van der Waals surface area contributed by atoms with Gasteiger partial charge in [-0.15, -0.1) is 0 Å². The van der Waals surface area contributed by atoms with E-state index < -0.39 is 0 Å². The lowest BCUT2D eigenvalue weighted by molar-refractivity contribution is 0.0523. The second kappa shape index (κ2) is 7.03. The molecule has 21 heavy (non-hydrogen) atoms. The number of ether oxygens (including phenoxy) is 1. The third-order valence-electron chi connectivity index (χ3n) is 3.86. The number of hydrogen-bond acceptors (Lipinski definition) is 4. The van der Waals surface area contributed by atoms with Gasteiger partial charge in [0.1, 0.15) is 0 Å². The zero-order valence-electron chi connectivity index (χ0n) is 13.6. The average molecular weight is 290 g/mol. The van der Waals surface area contributed by atoms with Crippen LogP contribution in [0.2, 0.25) is 0 Å². The van der Waals surface area contributed by atoms with Crippen LogP contribution in [0.15, 0.2) is 6.07 Å². The van der Waals surface area contributed by atoms with Crippen LogP contribution in [-0.4, -0.2) is 35.5 Å². The Kier molecular flexibility index (Phi) is 5.34. The molecule has 0 saturated heterocycles. The monoisotopic (exact) mass is 290 g/mol. The van der Waals surface area contributed by atoms with Gasteiger partial charge in [0.15, 0.2) is 0 Å². The average Bonchev–Trinajstić information content (AvgIpc) is 2.46. The third kappa shape index (κ3) is 3.62. The van der Waals surface area contributed by atoms with Gasteiger partial charge in [0.2, 0.25) is 0 Å². The Balaban J connectivity index is 2.36. The molecule has 1 aromatic rings. The number of carbonyl (C=O) groups is 1. The lowest BCUT2D eigenvalue weighted by atomic mass is 9.97. The Morgan fingerprint density at radius 3 is 2.81 bits per heavy atom. The molecule has 0 fully saturated rings. The van der Waals surface area contributed by atoms with Crippen molar-refractivity contribution in [3.05, 3.63) is 28.6 Å². The number of fused-ring (bicyclic) bond motifs is 1. The Morgan fingerprint density at radius 2 is 2.19 bits per heavy atom. The smallest absolute Gasteiger partial charge is 0.339 e. The van der Waals surface area contributed by atoms with E-state index in [1.54, 1.807) is 0 Å². The molecule has 1 aliphatic rings. The van der Waals surface area contributed by atoms with Gasteiger partial charge in [-0.3, -0.25) is 9.88 Å². The predicted octanol–water partition coefficient (Wildman–Crippen LogP) is 3.15. The van der Waals surface area contributed by atoms with E-state index in [0.29, 0.717) is 12.2 Å². The summed E-state index contributed by atoms with van der Waals surface area (Å²) in [6.45, 7) is 11.6. The van der Waals surface area contributed by atoms with Gasteiger partial charge in [0.05, 0.1) is 17.9 Å². The SMILES string of the molecule is CCCN1CCc2nc(C(C)C)c(C(=O)OCC)cc2C1. The van der Waals surface area contributed by atoms with Crippen molar-refractivity contribution in [2.75, 3.05) is 19.7 Å². The molecule has 0 bridgehead atoms. The molecule has 4 heteroatoms. The summed E-state index contributed by atoms with van der Waals surface area (Å²) in [7, 11) is 0. The molecule has 116 valence electrons. The highest BCUT2D eigenvalue weighted by Gasteiger charge is 2.23. The van der Waals surface area contributed by atoms with E-state index in [1.807, 2.05) is 13.0 Å². The van der Waals surface area contributed by atoms with Gasteiger partial charge in [-0.1, -0.05) is 20.8 Å². The molecule has 1 aromatic heterocycles. The van der Waals surface area contributed by atoms with Crippen molar-refractivity contribution < 1.29 is 9.53 Å². The first kappa shape index (κ1) is 16.0. The topological polar surface area (TPSA) is 42.4 Å². The predicted molar refractivity (Wildman–Crippen MR) is 83.6 cm³/mol. The lowest BCUT2D eigenvalue weighted by Crippen LogP contribution is -2.32. The van der Waals surface area contributed by atoms with Crippen LogP contribution >= 0.6 is 0 Å². The second-order valence-electron chi connectivity index (χ2n) is 5.93. The first-order valence-corrected chi connectivity index (χ1v) is 7.98. The molecule has 0 N–H and O–H groups in total. The van der Waals surface area contributed by atoms with Gasteiger partial charge in [-0.2, -0.15) is 0 Å². The summed E-state index contributed by atoms with van der Waals surface area (Å²) in [5.41, 5.74) is 3.85. The fourth-order valence-corrected chi connectivity index (χ4v) is 2.87. The second-order valence-corrected chi connectivity index (χ2v) is 5.93. The molecule has 0 saturated carbocycles. The quantitative estimate of drug-likeness (QED) is 0.781. The van der Waals surface area contributed by atoms with Crippen LogP contribution < -0.4 is 0 Å². The summed E-state index contributed by atoms with van der Waals surface area (Å²) in [4.78, 5) is 19.4. The number of hydrogen-bond donors (Lipinski definition) is 0. The molecular formula is C17H26N2O2. The first-order valence-electron chi connectivity index (χ1n) is 7.98. The zero-order chi connectivity index (χ0) is 15.4. The van der Waals surface area contributed by atoms with Crippen molar-refractivity contribution >= 4 is 5.97 Å². The van der Waals surface area contributed by atoms with Crippen LogP contribution in [0.5, 0.6) is 0 Å². The molecule has 2 rings (SSSR count). The maximum atomic E-state index is 12.2. The fourth-order valence-electron chi connectivity index (χ4n) is 2.87. The van der Waals surface area contributed by atoms with E-state index in [1.165, 1.54) is 5.56 Å². The van der Waals surface area contributed by atoms with Crippen LogP contribution in [-0.2, 0) is 17.7 Å². The molecular weight excluding hydrogens is 264 g/mol. The number of nitrogens with zero attached hydrogens (tertiary/aromatic N) is 2. The van der Waals surface area contributed by atoms with Crippen LogP contribution in [0, 0.1) is 0 Å². The fraction of sp³-hybridized carbons (Fsp3) is 0.647. The maximum absolute atomic E-state index is 12.2. The summed E-state index contributed by atoms with van der Waals surface area (Å²) in [6.07, 6.45) is 2.12.